The fraction of sp³-hybridized carbons (Fsp3) is 0.538. The Hall–Kier alpha value is -3.74. The molecule has 0 bridgehead atoms. The zero-order valence-corrected chi connectivity index (χ0v) is 25.0. The molecule has 3 amide bonds. The third kappa shape index (κ3) is 8.91. The molecule has 2 aromatic heterocycles. The summed E-state index contributed by atoms with van der Waals surface area (Å²) < 4.78 is 21.2. The van der Waals surface area contributed by atoms with Crippen molar-refractivity contribution in [2.75, 3.05) is 24.0 Å². The van der Waals surface area contributed by atoms with E-state index >= 15 is 0 Å². The molecule has 2 aromatic rings. The maximum Gasteiger partial charge on any atom is 0.424 e. The van der Waals surface area contributed by atoms with Gasteiger partial charge in [0.2, 0.25) is 5.95 Å². The number of esters is 1. The van der Waals surface area contributed by atoms with Crippen LogP contribution in [-0.4, -0.2) is 65.2 Å². The molecule has 0 aliphatic heterocycles. The maximum absolute atomic E-state index is 13.2. The highest BCUT2D eigenvalue weighted by atomic mass is 32.1. The minimum Gasteiger partial charge on any atom is -0.465 e. The van der Waals surface area contributed by atoms with Gasteiger partial charge in [-0.15, -0.1) is 11.3 Å². The first-order valence-electron chi connectivity index (χ1n) is 12.0. The molecule has 13 heteroatoms. The maximum atomic E-state index is 13.2. The van der Waals surface area contributed by atoms with E-state index in [-0.39, 0.29) is 16.5 Å². The molecule has 2 heterocycles. The fourth-order valence-corrected chi connectivity index (χ4v) is 3.89. The summed E-state index contributed by atoms with van der Waals surface area (Å²) in [6.07, 6.45) is -1.32. The van der Waals surface area contributed by atoms with E-state index in [1.165, 1.54) is 26.4 Å². The molecule has 2 rings (SSSR count). The number of hydrogen-bond donors (Lipinski definition) is 0. The minimum absolute atomic E-state index is 0.0347. The lowest BCUT2D eigenvalue weighted by Crippen LogP contribution is -2.44. The van der Waals surface area contributed by atoms with E-state index < -0.39 is 41.1 Å². The van der Waals surface area contributed by atoms with Gasteiger partial charge in [-0.05, 0) is 74.4 Å². The van der Waals surface area contributed by atoms with Crippen LogP contribution in [0.25, 0.3) is 10.6 Å². The van der Waals surface area contributed by atoms with E-state index in [4.69, 9.17) is 18.9 Å². The zero-order chi connectivity index (χ0) is 29.9. The van der Waals surface area contributed by atoms with Crippen molar-refractivity contribution in [2.24, 2.45) is 0 Å². The van der Waals surface area contributed by atoms with Gasteiger partial charge in [0.15, 0.2) is 0 Å². The quantitative estimate of drug-likeness (QED) is 0.319. The topological polar surface area (TPSA) is 137 Å². The molecule has 0 saturated heterocycles. The standard InChI is InChI=1S/C26H36N4O8S/c1-24(2,3)36-21(32)29(10)20-27-13-12-15(28-20)17-14-16(18(39-17)19(31)35-11)30(22(33)37-25(4,5)6)23(34)38-26(7,8)9/h12-14H,1-11H3. The van der Waals surface area contributed by atoms with Crippen LogP contribution in [0.2, 0.25) is 0 Å². The van der Waals surface area contributed by atoms with Gasteiger partial charge in [-0.3, -0.25) is 0 Å². The summed E-state index contributed by atoms with van der Waals surface area (Å²) in [5.41, 5.74) is -2.42. The van der Waals surface area contributed by atoms with Crippen molar-refractivity contribution in [2.45, 2.75) is 79.1 Å². The van der Waals surface area contributed by atoms with Crippen LogP contribution in [-0.2, 0) is 18.9 Å². The van der Waals surface area contributed by atoms with Gasteiger partial charge in [0.1, 0.15) is 21.7 Å². The normalized spacial score (nSPS) is 11.9. The molecular formula is C26H36N4O8S. The average molecular weight is 565 g/mol. The molecule has 39 heavy (non-hydrogen) atoms. The Balaban J connectivity index is 2.63. The molecule has 12 nitrogen and oxygen atoms in total. The van der Waals surface area contributed by atoms with Crippen molar-refractivity contribution in [3.8, 4) is 10.6 Å². The minimum atomic E-state index is -1.04. The van der Waals surface area contributed by atoms with Crippen LogP contribution in [0.15, 0.2) is 18.3 Å². The number of hydrogen-bond acceptors (Lipinski definition) is 11. The van der Waals surface area contributed by atoms with Crippen LogP contribution in [0, 0.1) is 0 Å². The van der Waals surface area contributed by atoms with E-state index in [1.807, 2.05) is 0 Å². The van der Waals surface area contributed by atoms with Gasteiger partial charge in [0, 0.05) is 13.2 Å². The number of aromatic nitrogens is 2. The molecule has 0 N–H and O–H groups in total. The number of nitrogens with zero attached hydrogens (tertiary/aromatic N) is 4. The Labute approximate surface area is 232 Å². The molecule has 0 aliphatic rings. The van der Waals surface area contributed by atoms with Crippen molar-refractivity contribution >= 4 is 47.2 Å². The molecule has 0 atom stereocenters. The monoisotopic (exact) mass is 564 g/mol. The number of thiophene rings is 1. The second-order valence-corrected chi connectivity index (χ2v) is 12.4. The van der Waals surface area contributed by atoms with Crippen LogP contribution in [0.4, 0.5) is 26.0 Å². The molecule has 0 fully saturated rings. The molecule has 214 valence electrons. The van der Waals surface area contributed by atoms with Crippen LogP contribution in [0.1, 0.15) is 72.0 Å². The second-order valence-electron chi connectivity index (χ2n) is 11.4. The Kier molecular flexibility index (Phi) is 9.33. The van der Waals surface area contributed by atoms with Gasteiger partial charge in [-0.25, -0.2) is 34.0 Å². The molecule has 0 unspecified atom stereocenters. The van der Waals surface area contributed by atoms with Crippen molar-refractivity contribution in [1.29, 1.82) is 0 Å². The summed E-state index contributed by atoms with van der Waals surface area (Å²) in [6.45, 7) is 15.0. The summed E-state index contributed by atoms with van der Waals surface area (Å²) in [5, 5.41) is 0. The number of carbonyl (C=O) groups is 4. The summed E-state index contributed by atoms with van der Waals surface area (Å²) in [5.74, 6) is -0.758. The van der Waals surface area contributed by atoms with E-state index in [0.717, 1.165) is 16.2 Å². The summed E-state index contributed by atoms with van der Waals surface area (Å²) in [4.78, 5) is 62.3. The number of rotatable bonds is 4. The summed E-state index contributed by atoms with van der Waals surface area (Å²) in [7, 11) is 2.63. The Morgan fingerprint density at radius 2 is 1.31 bits per heavy atom. The molecule has 0 radical (unpaired) electrons. The van der Waals surface area contributed by atoms with E-state index in [1.54, 1.807) is 68.4 Å². The Bertz CT molecular complexity index is 1210. The molecule has 0 aromatic carbocycles. The van der Waals surface area contributed by atoms with E-state index in [2.05, 4.69) is 9.97 Å². The van der Waals surface area contributed by atoms with Crippen molar-refractivity contribution in [3.05, 3.63) is 23.2 Å². The summed E-state index contributed by atoms with van der Waals surface area (Å²) in [6, 6.07) is 2.97. The SMILES string of the molecule is COC(=O)c1sc(-c2ccnc(N(C)C(=O)OC(C)(C)C)n2)cc1N(C(=O)OC(C)(C)C)C(=O)OC(C)(C)C. The average Bonchev–Trinajstić information content (AvgIpc) is 3.19. The number of amides is 3. The Morgan fingerprint density at radius 1 is 0.821 bits per heavy atom. The fourth-order valence-electron chi connectivity index (χ4n) is 2.86. The van der Waals surface area contributed by atoms with Gasteiger partial charge >= 0.3 is 24.2 Å². The number of anilines is 2. The van der Waals surface area contributed by atoms with Crippen molar-refractivity contribution in [3.63, 3.8) is 0 Å². The second kappa shape index (κ2) is 11.6. The van der Waals surface area contributed by atoms with Gasteiger partial charge in [-0.2, -0.15) is 4.90 Å². The highest BCUT2D eigenvalue weighted by molar-refractivity contribution is 7.18. The summed E-state index contributed by atoms with van der Waals surface area (Å²) >= 11 is 0.926. The lowest BCUT2D eigenvalue weighted by Gasteiger charge is -2.28. The molecule has 0 saturated carbocycles. The Morgan fingerprint density at radius 3 is 1.77 bits per heavy atom. The van der Waals surface area contributed by atoms with E-state index in [0.29, 0.717) is 15.5 Å². The third-order valence-corrected chi connectivity index (χ3v) is 5.47. The number of methoxy groups -OCH3 is 1. The lowest BCUT2D eigenvalue weighted by atomic mass is 10.2. The first-order chi connectivity index (χ1) is 17.7. The number of imide groups is 1. The molecular weight excluding hydrogens is 528 g/mol. The first-order valence-corrected chi connectivity index (χ1v) is 12.8. The third-order valence-electron chi connectivity index (χ3n) is 4.34. The van der Waals surface area contributed by atoms with Crippen molar-refractivity contribution in [1.82, 2.24) is 9.97 Å². The predicted octanol–water partition coefficient (Wildman–Crippen LogP) is 6.04. The van der Waals surface area contributed by atoms with Gasteiger partial charge in [-0.1, -0.05) is 0 Å². The van der Waals surface area contributed by atoms with Crippen LogP contribution >= 0.6 is 11.3 Å². The number of ether oxygens (including phenoxy) is 4. The van der Waals surface area contributed by atoms with Crippen molar-refractivity contribution < 1.29 is 38.1 Å². The van der Waals surface area contributed by atoms with Gasteiger partial charge in [0.25, 0.3) is 0 Å². The highest BCUT2D eigenvalue weighted by Crippen LogP contribution is 2.38. The predicted molar refractivity (Wildman–Crippen MR) is 146 cm³/mol. The van der Waals surface area contributed by atoms with Gasteiger partial charge in [0.05, 0.1) is 23.4 Å². The van der Waals surface area contributed by atoms with E-state index in [9.17, 15) is 19.2 Å². The van der Waals surface area contributed by atoms with Crippen LogP contribution in [0.5, 0.6) is 0 Å². The van der Waals surface area contributed by atoms with Crippen LogP contribution < -0.4 is 9.80 Å². The number of carbonyl (C=O) groups excluding carboxylic acids is 4. The lowest BCUT2D eigenvalue weighted by molar-refractivity contribution is 0.0429. The van der Waals surface area contributed by atoms with Crippen LogP contribution in [0.3, 0.4) is 0 Å². The molecule has 0 aliphatic carbocycles. The first kappa shape index (κ1) is 31.5. The molecule has 0 spiro atoms. The highest BCUT2D eigenvalue weighted by Gasteiger charge is 2.37. The largest absolute Gasteiger partial charge is 0.465 e. The zero-order valence-electron chi connectivity index (χ0n) is 24.2. The smallest absolute Gasteiger partial charge is 0.424 e. The van der Waals surface area contributed by atoms with Gasteiger partial charge < -0.3 is 18.9 Å².